The molecule has 0 aliphatic rings. The fourth-order valence-corrected chi connectivity index (χ4v) is 3.26. The normalized spacial score (nSPS) is 10.1. The SMILES string of the molecule is O=C(Cc1ccccc1)[Se]C(=O)Cc1ccccc1. The first-order valence-electron chi connectivity index (χ1n) is 6.05. The van der Waals surface area contributed by atoms with E-state index < -0.39 is 15.0 Å². The van der Waals surface area contributed by atoms with Crippen LogP contribution in [0.25, 0.3) is 0 Å². The van der Waals surface area contributed by atoms with E-state index in [4.69, 9.17) is 0 Å². The van der Waals surface area contributed by atoms with Crippen molar-refractivity contribution in [3.05, 3.63) is 71.8 Å². The van der Waals surface area contributed by atoms with E-state index in [-0.39, 0.29) is 9.36 Å². The fraction of sp³-hybridized carbons (Fsp3) is 0.125. The summed E-state index contributed by atoms with van der Waals surface area (Å²) in [5.74, 6) is 0. The van der Waals surface area contributed by atoms with Gasteiger partial charge in [0, 0.05) is 0 Å². The van der Waals surface area contributed by atoms with Crippen molar-refractivity contribution >= 4 is 24.3 Å². The Kier molecular flexibility index (Phi) is 5.08. The van der Waals surface area contributed by atoms with Gasteiger partial charge in [-0.25, -0.2) is 0 Å². The molecule has 2 nitrogen and oxygen atoms in total. The molecule has 0 saturated heterocycles. The Labute approximate surface area is 119 Å². The summed E-state index contributed by atoms with van der Waals surface area (Å²) in [4.78, 5) is 23.6. The second-order valence-electron chi connectivity index (χ2n) is 4.17. The number of carbonyl (C=O) groups is 2. The summed E-state index contributed by atoms with van der Waals surface area (Å²) in [6.07, 6.45) is 0.725. The number of benzene rings is 2. The predicted octanol–water partition coefficient (Wildman–Crippen LogP) is 2.23. The van der Waals surface area contributed by atoms with E-state index in [1.807, 2.05) is 60.7 Å². The van der Waals surface area contributed by atoms with E-state index >= 15 is 0 Å². The van der Waals surface area contributed by atoms with Crippen molar-refractivity contribution in [3.63, 3.8) is 0 Å². The van der Waals surface area contributed by atoms with E-state index in [2.05, 4.69) is 0 Å². The standard InChI is InChI=1S/C16H14O2Se/c17-15(11-13-7-3-1-4-8-13)19-16(18)12-14-9-5-2-6-10-14/h1-10H,11-12H2. The molecular formula is C16H14O2Se. The van der Waals surface area contributed by atoms with Crippen molar-refractivity contribution in [2.75, 3.05) is 0 Å². The van der Waals surface area contributed by atoms with Gasteiger partial charge < -0.3 is 0 Å². The van der Waals surface area contributed by atoms with Crippen molar-refractivity contribution in [1.29, 1.82) is 0 Å². The van der Waals surface area contributed by atoms with E-state index in [1.165, 1.54) is 0 Å². The first-order valence-corrected chi connectivity index (χ1v) is 7.77. The van der Waals surface area contributed by atoms with Crippen LogP contribution in [0.1, 0.15) is 11.1 Å². The second kappa shape index (κ2) is 7.03. The van der Waals surface area contributed by atoms with Crippen LogP contribution < -0.4 is 0 Å². The van der Waals surface area contributed by atoms with E-state index in [9.17, 15) is 9.59 Å². The van der Waals surface area contributed by atoms with E-state index in [0.717, 1.165) is 11.1 Å². The van der Waals surface area contributed by atoms with Gasteiger partial charge in [0.15, 0.2) is 0 Å². The molecule has 0 heterocycles. The molecule has 2 aromatic carbocycles. The second-order valence-corrected chi connectivity index (χ2v) is 6.51. The Morgan fingerprint density at radius 3 is 1.42 bits per heavy atom. The van der Waals surface area contributed by atoms with Gasteiger partial charge in [0.1, 0.15) is 0 Å². The topological polar surface area (TPSA) is 34.1 Å². The van der Waals surface area contributed by atoms with Crippen molar-refractivity contribution in [2.24, 2.45) is 0 Å². The van der Waals surface area contributed by atoms with Gasteiger partial charge in [-0.3, -0.25) is 0 Å². The number of hydrogen-bond donors (Lipinski definition) is 0. The first kappa shape index (κ1) is 13.7. The average molecular weight is 317 g/mol. The molecule has 0 fully saturated rings. The first-order chi connectivity index (χ1) is 9.24. The van der Waals surface area contributed by atoms with E-state index in [0.29, 0.717) is 12.8 Å². The van der Waals surface area contributed by atoms with Crippen LogP contribution in [0.3, 0.4) is 0 Å². The van der Waals surface area contributed by atoms with Gasteiger partial charge in [-0.05, 0) is 0 Å². The van der Waals surface area contributed by atoms with Crippen molar-refractivity contribution in [2.45, 2.75) is 12.8 Å². The fourth-order valence-electron chi connectivity index (χ4n) is 1.72. The zero-order valence-electron chi connectivity index (χ0n) is 10.4. The maximum atomic E-state index is 11.8. The molecule has 0 unspecified atom stereocenters. The zero-order valence-corrected chi connectivity index (χ0v) is 12.1. The Morgan fingerprint density at radius 1 is 0.684 bits per heavy atom. The van der Waals surface area contributed by atoms with Gasteiger partial charge in [0.2, 0.25) is 0 Å². The Hall–Kier alpha value is -1.70. The van der Waals surface area contributed by atoms with Crippen LogP contribution in [0.5, 0.6) is 0 Å². The minimum atomic E-state index is -0.578. The van der Waals surface area contributed by atoms with Crippen molar-refractivity contribution in [1.82, 2.24) is 0 Å². The summed E-state index contributed by atoms with van der Waals surface area (Å²) in [5.41, 5.74) is 1.95. The number of hydrogen-bond acceptors (Lipinski definition) is 2. The van der Waals surface area contributed by atoms with Gasteiger partial charge in [-0.15, -0.1) is 0 Å². The van der Waals surface area contributed by atoms with Gasteiger partial charge in [-0.2, -0.15) is 0 Å². The summed E-state index contributed by atoms with van der Waals surface area (Å²) in [6.45, 7) is 0. The van der Waals surface area contributed by atoms with Crippen LogP contribution in [0.2, 0.25) is 0 Å². The summed E-state index contributed by atoms with van der Waals surface area (Å²) in [6, 6.07) is 19.1. The number of carbonyl (C=O) groups excluding carboxylic acids is 2. The quantitative estimate of drug-likeness (QED) is 0.766. The Morgan fingerprint density at radius 2 is 1.05 bits per heavy atom. The van der Waals surface area contributed by atoms with Crippen LogP contribution in [0.15, 0.2) is 60.7 Å². The van der Waals surface area contributed by atoms with Gasteiger partial charge in [-0.1, -0.05) is 0 Å². The molecule has 0 N–H and O–H groups in total. The third kappa shape index (κ3) is 4.82. The Balaban J connectivity index is 1.84. The summed E-state index contributed by atoms with van der Waals surface area (Å²) in [5, 5.41) is 0. The van der Waals surface area contributed by atoms with Crippen molar-refractivity contribution < 1.29 is 9.59 Å². The minimum absolute atomic E-state index is 0.0413. The molecule has 96 valence electrons. The monoisotopic (exact) mass is 318 g/mol. The number of rotatable bonds is 6. The van der Waals surface area contributed by atoms with Crippen LogP contribution in [0.4, 0.5) is 0 Å². The third-order valence-corrected chi connectivity index (χ3v) is 4.17. The van der Waals surface area contributed by atoms with Crippen LogP contribution in [0, 0.1) is 0 Å². The average Bonchev–Trinajstić information content (AvgIpc) is 2.40. The molecule has 0 saturated carbocycles. The van der Waals surface area contributed by atoms with Gasteiger partial charge in [0.05, 0.1) is 0 Å². The third-order valence-electron chi connectivity index (χ3n) is 2.61. The van der Waals surface area contributed by atoms with Gasteiger partial charge in [0.25, 0.3) is 0 Å². The van der Waals surface area contributed by atoms with E-state index in [1.54, 1.807) is 0 Å². The van der Waals surface area contributed by atoms with Crippen LogP contribution in [-0.2, 0) is 22.4 Å². The predicted molar refractivity (Wildman–Crippen MR) is 76.1 cm³/mol. The zero-order chi connectivity index (χ0) is 13.5. The summed E-state index contributed by atoms with van der Waals surface area (Å²) < 4.78 is 0.0827. The molecule has 0 spiro atoms. The molecule has 3 heteroatoms. The molecule has 0 bridgehead atoms. The molecule has 0 aliphatic heterocycles. The molecule has 0 radical (unpaired) electrons. The molecular weight excluding hydrogens is 303 g/mol. The molecule has 0 aliphatic carbocycles. The molecule has 2 rings (SSSR count). The molecule has 0 amide bonds. The maximum absolute atomic E-state index is 11.8. The molecule has 19 heavy (non-hydrogen) atoms. The molecule has 0 atom stereocenters. The van der Waals surface area contributed by atoms with Crippen LogP contribution in [-0.4, -0.2) is 24.3 Å². The van der Waals surface area contributed by atoms with Crippen LogP contribution >= 0.6 is 0 Å². The molecule has 2 aromatic rings. The summed E-state index contributed by atoms with van der Waals surface area (Å²) in [7, 11) is 0. The van der Waals surface area contributed by atoms with Gasteiger partial charge >= 0.3 is 119 Å². The summed E-state index contributed by atoms with van der Waals surface area (Å²) >= 11 is -0.578. The Bertz CT molecular complexity index is 498. The van der Waals surface area contributed by atoms with Crippen molar-refractivity contribution in [3.8, 4) is 0 Å². The molecule has 0 aromatic heterocycles.